The van der Waals surface area contributed by atoms with Crippen LogP contribution in [0.5, 0.6) is 0 Å². The molecule has 10 nitrogen and oxygen atoms in total. The van der Waals surface area contributed by atoms with Crippen LogP contribution in [0.15, 0.2) is 60.8 Å². The maximum Gasteiger partial charge on any atom is 0.325 e. The molecule has 4 atom stereocenters. The topological polar surface area (TPSA) is 166 Å². The zero-order chi connectivity index (χ0) is 26.2. The number of amides is 3. The molecule has 190 valence electrons. The van der Waals surface area contributed by atoms with E-state index in [-0.39, 0.29) is 12.8 Å². The van der Waals surface area contributed by atoms with E-state index in [2.05, 4.69) is 20.9 Å². The molecule has 0 aliphatic carbocycles. The first-order valence-electron chi connectivity index (χ1n) is 11.6. The molecule has 2 aromatic carbocycles. The van der Waals surface area contributed by atoms with Gasteiger partial charge in [0.2, 0.25) is 17.7 Å². The molecule has 4 unspecified atom stereocenters. The fourth-order valence-electron chi connectivity index (χ4n) is 3.74. The van der Waals surface area contributed by atoms with E-state index in [1.807, 2.05) is 30.3 Å². The molecule has 1 aromatic heterocycles. The number of carbonyl (C=O) groups is 4. The summed E-state index contributed by atoms with van der Waals surface area (Å²) in [7, 11) is 0. The molecular weight excluding hydrogens is 462 g/mol. The maximum absolute atomic E-state index is 13.4. The van der Waals surface area contributed by atoms with Gasteiger partial charge in [0.1, 0.15) is 18.1 Å². The normalized spacial score (nSPS) is 14.3. The molecule has 0 saturated carbocycles. The van der Waals surface area contributed by atoms with Crippen molar-refractivity contribution in [1.82, 2.24) is 20.9 Å². The molecule has 3 aromatic rings. The Morgan fingerprint density at radius 3 is 2.08 bits per heavy atom. The van der Waals surface area contributed by atoms with Gasteiger partial charge in [-0.15, -0.1) is 0 Å². The summed E-state index contributed by atoms with van der Waals surface area (Å²) in [6, 6.07) is 12.5. The second kappa shape index (κ2) is 12.0. The minimum absolute atomic E-state index is 0.131. The van der Waals surface area contributed by atoms with Gasteiger partial charge in [-0.1, -0.05) is 48.5 Å². The summed E-state index contributed by atoms with van der Waals surface area (Å²) in [5, 5.41) is 17.9. The average Bonchev–Trinajstić information content (AvgIpc) is 3.26. The lowest BCUT2D eigenvalue weighted by molar-refractivity contribution is -0.141. The van der Waals surface area contributed by atoms with Crippen LogP contribution in [0.3, 0.4) is 0 Å². The van der Waals surface area contributed by atoms with E-state index in [0.29, 0.717) is 0 Å². The van der Waals surface area contributed by atoms with Gasteiger partial charge in [-0.2, -0.15) is 0 Å². The molecule has 0 aliphatic heterocycles. The Balaban J connectivity index is 1.85. The molecule has 0 aliphatic rings. The minimum Gasteiger partial charge on any atom is -0.480 e. The minimum atomic E-state index is -1.20. The number of benzene rings is 2. The highest BCUT2D eigenvalue weighted by atomic mass is 16.4. The summed E-state index contributed by atoms with van der Waals surface area (Å²) < 4.78 is 0. The van der Waals surface area contributed by atoms with Crippen molar-refractivity contribution in [2.75, 3.05) is 0 Å². The number of aromatic nitrogens is 1. The van der Waals surface area contributed by atoms with Crippen molar-refractivity contribution in [2.24, 2.45) is 5.73 Å². The van der Waals surface area contributed by atoms with E-state index in [1.165, 1.54) is 13.8 Å². The Labute approximate surface area is 208 Å². The number of para-hydroxylation sites is 1. The van der Waals surface area contributed by atoms with E-state index < -0.39 is 47.9 Å². The Morgan fingerprint density at radius 1 is 0.833 bits per heavy atom. The van der Waals surface area contributed by atoms with Crippen LogP contribution in [-0.2, 0) is 32.0 Å². The number of carbonyl (C=O) groups excluding carboxylic acids is 3. The molecule has 3 rings (SSSR count). The Bertz CT molecular complexity index is 1220. The van der Waals surface area contributed by atoms with Gasteiger partial charge in [0.05, 0.1) is 6.04 Å². The van der Waals surface area contributed by atoms with Crippen LogP contribution in [0.1, 0.15) is 25.0 Å². The molecule has 1 heterocycles. The number of nitrogens with one attached hydrogen (secondary N) is 4. The highest BCUT2D eigenvalue weighted by molar-refractivity contribution is 5.94. The largest absolute Gasteiger partial charge is 0.480 e. The summed E-state index contributed by atoms with van der Waals surface area (Å²) in [6.07, 6.45) is 2.05. The molecule has 0 radical (unpaired) electrons. The Kier molecular flexibility index (Phi) is 8.80. The zero-order valence-corrected chi connectivity index (χ0v) is 20.2. The first-order chi connectivity index (χ1) is 17.2. The van der Waals surface area contributed by atoms with E-state index in [9.17, 15) is 24.3 Å². The fourth-order valence-corrected chi connectivity index (χ4v) is 3.74. The van der Waals surface area contributed by atoms with E-state index in [1.54, 1.807) is 30.5 Å². The third-order valence-corrected chi connectivity index (χ3v) is 5.79. The fraction of sp³-hybridized carbons (Fsp3) is 0.308. The van der Waals surface area contributed by atoms with Crippen molar-refractivity contribution in [1.29, 1.82) is 0 Å². The van der Waals surface area contributed by atoms with Crippen LogP contribution < -0.4 is 21.7 Å². The van der Waals surface area contributed by atoms with Crippen LogP contribution in [-0.4, -0.2) is 57.9 Å². The molecule has 7 N–H and O–H groups in total. The van der Waals surface area contributed by atoms with Crippen LogP contribution >= 0.6 is 0 Å². The monoisotopic (exact) mass is 493 g/mol. The number of hydrogen-bond acceptors (Lipinski definition) is 5. The molecule has 0 bridgehead atoms. The van der Waals surface area contributed by atoms with Crippen molar-refractivity contribution in [3.05, 3.63) is 71.9 Å². The number of aromatic amines is 1. The van der Waals surface area contributed by atoms with Gasteiger partial charge in [-0.25, -0.2) is 0 Å². The van der Waals surface area contributed by atoms with Crippen LogP contribution in [0.25, 0.3) is 10.9 Å². The molecule has 0 saturated heterocycles. The van der Waals surface area contributed by atoms with Crippen molar-refractivity contribution in [3.8, 4) is 0 Å². The van der Waals surface area contributed by atoms with E-state index in [0.717, 1.165) is 22.0 Å². The van der Waals surface area contributed by atoms with Crippen molar-refractivity contribution in [2.45, 2.75) is 50.9 Å². The second-order valence-corrected chi connectivity index (χ2v) is 8.73. The van der Waals surface area contributed by atoms with Crippen molar-refractivity contribution < 1.29 is 24.3 Å². The number of nitrogens with two attached hydrogens (primary N) is 1. The first-order valence-corrected chi connectivity index (χ1v) is 11.6. The van der Waals surface area contributed by atoms with E-state index >= 15 is 0 Å². The first kappa shape index (κ1) is 26.4. The average molecular weight is 494 g/mol. The van der Waals surface area contributed by atoms with Crippen LogP contribution in [0.2, 0.25) is 0 Å². The lowest BCUT2D eigenvalue weighted by Crippen LogP contribution is -2.57. The van der Waals surface area contributed by atoms with Crippen molar-refractivity contribution >= 4 is 34.6 Å². The van der Waals surface area contributed by atoms with Gasteiger partial charge in [-0.05, 0) is 31.0 Å². The summed E-state index contributed by atoms with van der Waals surface area (Å²) >= 11 is 0. The number of carboxylic acids is 1. The molecule has 36 heavy (non-hydrogen) atoms. The summed E-state index contributed by atoms with van der Waals surface area (Å²) in [5.74, 6) is -2.95. The summed E-state index contributed by atoms with van der Waals surface area (Å²) in [6.45, 7) is 2.85. The van der Waals surface area contributed by atoms with E-state index in [4.69, 9.17) is 5.73 Å². The summed E-state index contributed by atoms with van der Waals surface area (Å²) in [4.78, 5) is 53.2. The third-order valence-electron chi connectivity index (χ3n) is 5.79. The molecule has 0 spiro atoms. The molecule has 0 fully saturated rings. The molecular formula is C26H31N5O5. The van der Waals surface area contributed by atoms with Crippen LogP contribution in [0.4, 0.5) is 0 Å². The number of H-pyrrole nitrogens is 1. The van der Waals surface area contributed by atoms with Crippen LogP contribution in [0, 0.1) is 0 Å². The number of rotatable bonds is 11. The maximum atomic E-state index is 13.4. The number of fused-ring (bicyclic) bond motifs is 1. The predicted molar refractivity (Wildman–Crippen MR) is 135 cm³/mol. The van der Waals surface area contributed by atoms with Gasteiger partial charge in [0, 0.05) is 29.9 Å². The summed E-state index contributed by atoms with van der Waals surface area (Å²) in [5.41, 5.74) is 8.17. The standard InChI is InChI=1S/C26H31N5O5/c1-15(27)23(32)30-22(13-18-14-28-20-11-7-6-10-19(18)20)25(34)31-21(12-17-8-4-3-5-9-17)24(33)29-16(2)26(35)36/h3-11,14-16,21-22,28H,12-13,27H2,1-2H3,(H,29,33)(H,30,32)(H,31,34)(H,35,36). The highest BCUT2D eigenvalue weighted by Gasteiger charge is 2.29. The SMILES string of the molecule is CC(N)C(=O)NC(Cc1c[nH]c2ccccc12)C(=O)NC(Cc1ccccc1)C(=O)NC(C)C(=O)O. The third kappa shape index (κ3) is 6.92. The lowest BCUT2D eigenvalue weighted by atomic mass is 10.0. The van der Waals surface area contributed by atoms with Gasteiger partial charge in [0.25, 0.3) is 0 Å². The second-order valence-electron chi connectivity index (χ2n) is 8.73. The molecule has 10 heteroatoms. The van der Waals surface area contributed by atoms with Crippen molar-refractivity contribution in [3.63, 3.8) is 0 Å². The Hall–Kier alpha value is -4.18. The van der Waals surface area contributed by atoms with Gasteiger partial charge < -0.3 is 31.8 Å². The lowest BCUT2D eigenvalue weighted by Gasteiger charge is -2.24. The molecule has 3 amide bonds. The van der Waals surface area contributed by atoms with Gasteiger partial charge in [-0.3, -0.25) is 19.2 Å². The predicted octanol–water partition coefficient (Wildman–Crippen LogP) is 0.859. The quantitative estimate of drug-likeness (QED) is 0.232. The number of carboxylic acid groups (broad SMARTS) is 1. The zero-order valence-electron chi connectivity index (χ0n) is 20.2. The highest BCUT2D eigenvalue weighted by Crippen LogP contribution is 2.19. The Morgan fingerprint density at radius 2 is 1.42 bits per heavy atom. The number of hydrogen-bond donors (Lipinski definition) is 6. The van der Waals surface area contributed by atoms with Gasteiger partial charge >= 0.3 is 5.97 Å². The number of aliphatic carboxylic acids is 1. The smallest absolute Gasteiger partial charge is 0.325 e. The van der Waals surface area contributed by atoms with Gasteiger partial charge in [0.15, 0.2) is 0 Å².